The van der Waals surface area contributed by atoms with Gasteiger partial charge in [0.05, 0.1) is 6.04 Å². The molecule has 1 aromatic rings. The van der Waals surface area contributed by atoms with Crippen molar-refractivity contribution in [3.05, 3.63) is 35.6 Å². The first-order valence-corrected chi connectivity index (χ1v) is 9.08. The van der Waals surface area contributed by atoms with Crippen LogP contribution in [0.2, 0.25) is 0 Å². The second-order valence-electron chi connectivity index (χ2n) is 7.63. The van der Waals surface area contributed by atoms with Crippen LogP contribution >= 0.6 is 0 Å². The van der Waals surface area contributed by atoms with Gasteiger partial charge >= 0.3 is 0 Å². The van der Waals surface area contributed by atoms with E-state index in [-0.39, 0.29) is 17.8 Å². The Balaban J connectivity index is 1.66. The van der Waals surface area contributed by atoms with Crippen molar-refractivity contribution in [3.8, 4) is 0 Å². The van der Waals surface area contributed by atoms with Crippen molar-refractivity contribution in [1.82, 2.24) is 10.2 Å². The standard InChI is InChI=1S/C19H25FN2O2/c20-15-6-4-5-13(9-15)17-16-11-21-10-14(16)12-22(17)18(23)19(24)7-2-1-3-8-19/h4-6,9,14,16-17,21,24H,1-3,7-8,10-12H2/t14-,16-,17+/m0/s1. The number of nitrogens with zero attached hydrogens (tertiary/aromatic N) is 1. The highest BCUT2D eigenvalue weighted by Gasteiger charge is 2.51. The second kappa shape index (κ2) is 6.12. The molecule has 130 valence electrons. The Morgan fingerprint density at radius 2 is 2.04 bits per heavy atom. The van der Waals surface area contributed by atoms with Crippen LogP contribution in [0.5, 0.6) is 0 Å². The van der Waals surface area contributed by atoms with E-state index in [1.165, 1.54) is 12.1 Å². The molecule has 2 N–H and O–H groups in total. The first-order valence-electron chi connectivity index (χ1n) is 9.08. The van der Waals surface area contributed by atoms with Gasteiger partial charge in [0.2, 0.25) is 0 Å². The molecule has 0 spiro atoms. The summed E-state index contributed by atoms with van der Waals surface area (Å²) in [6.45, 7) is 2.38. The number of likely N-dealkylation sites (tertiary alicyclic amines) is 1. The molecular weight excluding hydrogens is 307 g/mol. The minimum Gasteiger partial charge on any atom is -0.380 e. The van der Waals surface area contributed by atoms with Gasteiger partial charge in [0.15, 0.2) is 0 Å². The van der Waals surface area contributed by atoms with Crippen LogP contribution in [0.15, 0.2) is 24.3 Å². The largest absolute Gasteiger partial charge is 0.380 e. The fraction of sp³-hybridized carbons (Fsp3) is 0.632. The fourth-order valence-corrected chi connectivity index (χ4v) is 4.86. The number of aliphatic hydroxyl groups is 1. The molecule has 3 atom stereocenters. The van der Waals surface area contributed by atoms with E-state index in [0.29, 0.717) is 31.2 Å². The lowest BCUT2D eigenvalue weighted by Crippen LogP contribution is -2.50. The van der Waals surface area contributed by atoms with Crippen LogP contribution in [-0.2, 0) is 4.79 Å². The summed E-state index contributed by atoms with van der Waals surface area (Å²) >= 11 is 0. The molecule has 3 aliphatic rings. The van der Waals surface area contributed by atoms with Crippen molar-refractivity contribution in [2.24, 2.45) is 11.8 Å². The van der Waals surface area contributed by atoms with E-state index in [1.54, 1.807) is 6.07 Å². The fourth-order valence-electron chi connectivity index (χ4n) is 4.86. The van der Waals surface area contributed by atoms with Crippen LogP contribution in [0.1, 0.15) is 43.7 Å². The Morgan fingerprint density at radius 1 is 1.25 bits per heavy atom. The van der Waals surface area contributed by atoms with Crippen molar-refractivity contribution in [3.63, 3.8) is 0 Å². The Labute approximate surface area is 142 Å². The van der Waals surface area contributed by atoms with Gasteiger partial charge in [0.1, 0.15) is 11.4 Å². The third kappa shape index (κ3) is 2.64. The summed E-state index contributed by atoms with van der Waals surface area (Å²) in [5.41, 5.74) is -0.380. The molecule has 1 aromatic carbocycles. The highest BCUT2D eigenvalue weighted by molar-refractivity contribution is 5.86. The topological polar surface area (TPSA) is 52.6 Å². The average molecular weight is 332 g/mol. The van der Waals surface area contributed by atoms with Gasteiger partial charge in [-0.25, -0.2) is 4.39 Å². The van der Waals surface area contributed by atoms with Crippen molar-refractivity contribution >= 4 is 5.91 Å². The van der Waals surface area contributed by atoms with E-state index in [9.17, 15) is 14.3 Å². The maximum absolute atomic E-state index is 13.8. The van der Waals surface area contributed by atoms with E-state index < -0.39 is 5.60 Å². The zero-order valence-electron chi connectivity index (χ0n) is 13.9. The normalized spacial score (nSPS) is 31.9. The van der Waals surface area contributed by atoms with E-state index in [0.717, 1.165) is 37.9 Å². The average Bonchev–Trinajstić information content (AvgIpc) is 3.15. The van der Waals surface area contributed by atoms with Gasteiger partial charge in [-0.2, -0.15) is 0 Å². The Bertz CT molecular complexity index is 630. The molecule has 1 amide bonds. The molecule has 1 aliphatic carbocycles. The number of halogens is 1. The summed E-state index contributed by atoms with van der Waals surface area (Å²) in [4.78, 5) is 15.0. The lowest BCUT2D eigenvalue weighted by Gasteiger charge is -2.37. The molecular formula is C19H25FN2O2. The molecule has 24 heavy (non-hydrogen) atoms. The summed E-state index contributed by atoms with van der Waals surface area (Å²) < 4.78 is 13.8. The van der Waals surface area contributed by atoms with Gasteiger partial charge in [0, 0.05) is 25.6 Å². The molecule has 0 aromatic heterocycles. The minimum atomic E-state index is -1.23. The first kappa shape index (κ1) is 16.0. The number of hydrogen-bond donors (Lipinski definition) is 2. The number of carbonyl (C=O) groups excluding carboxylic acids is 1. The predicted octanol–water partition coefficient (Wildman–Crippen LogP) is 2.24. The number of carbonyl (C=O) groups is 1. The molecule has 4 rings (SSSR count). The van der Waals surface area contributed by atoms with Crippen LogP contribution in [0.4, 0.5) is 4.39 Å². The molecule has 0 bridgehead atoms. The third-order valence-corrected chi connectivity index (χ3v) is 6.09. The molecule has 2 heterocycles. The van der Waals surface area contributed by atoms with Crippen LogP contribution in [0, 0.1) is 17.7 Å². The quantitative estimate of drug-likeness (QED) is 0.873. The smallest absolute Gasteiger partial charge is 0.255 e. The van der Waals surface area contributed by atoms with E-state index in [2.05, 4.69) is 5.32 Å². The highest BCUT2D eigenvalue weighted by atomic mass is 19.1. The van der Waals surface area contributed by atoms with Gasteiger partial charge in [-0.15, -0.1) is 0 Å². The molecule has 3 fully saturated rings. The summed E-state index contributed by atoms with van der Waals surface area (Å²) in [5, 5.41) is 14.3. The van der Waals surface area contributed by atoms with E-state index in [1.807, 2.05) is 11.0 Å². The number of benzene rings is 1. The minimum absolute atomic E-state index is 0.140. The summed E-state index contributed by atoms with van der Waals surface area (Å²) in [6.07, 6.45) is 3.97. The van der Waals surface area contributed by atoms with Crippen LogP contribution < -0.4 is 5.32 Å². The van der Waals surface area contributed by atoms with Crippen LogP contribution in [0.3, 0.4) is 0 Å². The number of hydrogen-bond acceptors (Lipinski definition) is 3. The molecule has 0 radical (unpaired) electrons. The lowest BCUT2D eigenvalue weighted by atomic mass is 9.83. The van der Waals surface area contributed by atoms with E-state index in [4.69, 9.17) is 0 Å². The highest BCUT2D eigenvalue weighted by Crippen LogP contribution is 2.45. The maximum Gasteiger partial charge on any atom is 0.255 e. The van der Waals surface area contributed by atoms with Crippen LogP contribution in [-0.4, -0.2) is 41.1 Å². The summed E-state index contributed by atoms with van der Waals surface area (Å²) in [6, 6.07) is 6.44. The first-order chi connectivity index (χ1) is 11.6. The van der Waals surface area contributed by atoms with Crippen molar-refractivity contribution < 1.29 is 14.3 Å². The monoisotopic (exact) mass is 332 g/mol. The Morgan fingerprint density at radius 3 is 2.79 bits per heavy atom. The lowest BCUT2D eigenvalue weighted by molar-refractivity contribution is -0.156. The Kier molecular flexibility index (Phi) is 4.09. The summed E-state index contributed by atoms with van der Waals surface area (Å²) in [5.74, 6) is 0.258. The number of rotatable bonds is 2. The Hall–Kier alpha value is -1.46. The SMILES string of the molecule is O=C(N1C[C@@H]2CNC[C@@H]2[C@H]1c1cccc(F)c1)C1(O)CCCCC1. The number of nitrogens with one attached hydrogen (secondary N) is 1. The van der Waals surface area contributed by atoms with Crippen molar-refractivity contribution in [2.45, 2.75) is 43.7 Å². The molecule has 2 aliphatic heterocycles. The molecule has 0 unspecified atom stereocenters. The van der Waals surface area contributed by atoms with Crippen molar-refractivity contribution in [2.75, 3.05) is 19.6 Å². The zero-order valence-corrected chi connectivity index (χ0v) is 13.9. The third-order valence-electron chi connectivity index (χ3n) is 6.09. The predicted molar refractivity (Wildman–Crippen MR) is 88.7 cm³/mol. The maximum atomic E-state index is 13.8. The van der Waals surface area contributed by atoms with Gasteiger partial charge in [-0.05, 0) is 36.5 Å². The molecule has 2 saturated heterocycles. The number of amides is 1. The van der Waals surface area contributed by atoms with Gasteiger partial charge in [-0.1, -0.05) is 31.4 Å². The summed E-state index contributed by atoms with van der Waals surface area (Å²) in [7, 11) is 0. The van der Waals surface area contributed by atoms with Crippen LogP contribution in [0.25, 0.3) is 0 Å². The van der Waals surface area contributed by atoms with Gasteiger partial charge in [-0.3, -0.25) is 4.79 Å². The molecule has 5 heteroatoms. The van der Waals surface area contributed by atoms with Gasteiger partial charge < -0.3 is 15.3 Å². The zero-order chi connectivity index (χ0) is 16.7. The van der Waals surface area contributed by atoms with Gasteiger partial charge in [0.25, 0.3) is 5.91 Å². The second-order valence-corrected chi connectivity index (χ2v) is 7.63. The molecule has 4 nitrogen and oxygen atoms in total. The van der Waals surface area contributed by atoms with Crippen molar-refractivity contribution in [1.29, 1.82) is 0 Å². The molecule has 1 saturated carbocycles. The number of fused-ring (bicyclic) bond motifs is 1. The van der Waals surface area contributed by atoms with E-state index >= 15 is 0 Å².